The molecule has 2 atom stereocenters. The molecule has 0 aliphatic heterocycles. The van der Waals surface area contributed by atoms with Crippen molar-refractivity contribution < 1.29 is 19.8 Å². The third kappa shape index (κ3) is 5.67. The van der Waals surface area contributed by atoms with Crippen LogP contribution in [0.15, 0.2) is 0 Å². The first-order valence-corrected chi connectivity index (χ1v) is 5.13. The number of rotatable bonds is 6. The zero-order chi connectivity index (χ0) is 12.9. The lowest BCUT2D eigenvalue weighted by atomic mass is 10.0. The Hall–Kier alpha value is -1.14. The van der Waals surface area contributed by atoms with Gasteiger partial charge >= 0.3 is 5.97 Å². The minimum atomic E-state index is -1.46. The highest BCUT2D eigenvalue weighted by molar-refractivity contribution is 5.81. The van der Waals surface area contributed by atoms with Gasteiger partial charge in [0.05, 0.1) is 18.1 Å². The van der Waals surface area contributed by atoms with E-state index in [4.69, 9.17) is 10.8 Å². The van der Waals surface area contributed by atoms with E-state index < -0.39 is 24.0 Å². The molecule has 1 unspecified atom stereocenters. The van der Waals surface area contributed by atoms with Gasteiger partial charge in [-0.25, -0.2) is 0 Å². The maximum absolute atomic E-state index is 11.4. The molecule has 6 heteroatoms. The average molecular weight is 232 g/mol. The standard InChI is InChI=1S/C10H20N2O4/c1-6(2)8(11)9(15)12-5-10(3,16)4-7(13)14/h6,8,16H,4-5,11H2,1-3H3,(H,12,15)(H,13,14)/t8-,10?/m0/s1. The third-order valence-corrected chi connectivity index (χ3v) is 2.20. The fraction of sp³-hybridized carbons (Fsp3) is 0.800. The van der Waals surface area contributed by atoms with E-state index in [0.29, 0.717) is 0 Å². The van der Waals surface area contributed by atoms with Gasteiger partial charge < -0.3 is 21.3 Å². The smallest absolute Gasteiger partial charge is 0.306 e. The number of hydrogen-bond acceptors (Lipinski definition) is 4. The first-order valence-electron chi connectivity index (χ1n) is 5.13. The van der Waals surface area contributed by atoms with Crippen molar-refractivity contribution >= 4 is 11.9 Å². The molecule has 0 aromatic heterocycles. The molecule has 0 radical (unpaired) electrons. The van der Waals surface area contributed by atoms with Crippen molar-refractivity contribution in [1.29, 1.82) is 0 Å². The third-order valence-electron chi connectivity index (χ3n) is 2.20. The zero-order valence-electron chi connectivity index (χ0n) is 9.86. The van der Waals surface area contributed by atoms with Crippen LogP contribution < -0.4 is 11.1 Å². The molecule has 0 rings (SSSR count). The summed E-state index contributed by atoms with van der Waals surface area (Å²) in [6.45, 7) is 4.83. The van der Waals surface area contributed by atoms with E-state index in [2.05, 4.69) is 5.32 Å². The zero-order valence-corrected chi connectivity index (χ0v) is 9.86. The normalized spacial score (nSPS) is 16.6. The Bertz CT molecular complexity index is 264. The minimum Gasteiger partial charge on any atom is -0.481 e. The Morgan fingerprint density at radius 2 is 1.94 bits per heavy atom. The molecule has 0 spiro atoms. The van der Waals surface area contributed by atoms with Crippen LogP contribution in [0.2, 0.25) is 0 Å². The summed E-state index contributed by atoms with van der Waals surface area (Å²) in [7, 11) is 0. The van der Waals surface area contributed by atoms with Gasteiger partial charge in [-0.05, 0) is 12.8 Å². The fourth-order valence-corrected chi connectivity index (χ4v) is 1.09. The van der Waals surface area contributed by atoms with Crippen LogP contribution in [-0.2, 0) is 9.59 Å². The summed E-state index contributed by atoms with van der Waals surface area (Å²) in [5.41, 5.74) is 4.12. The summed E-state index contributed by atoms with van der Waals surface area (Å²) in [6, 6.07) is -0.652. The molecular formula is C10H20N2O4. The van der Waals surface area contributed by atoms with E-state index in [1.54, 1.807) is 13.8 Å². The summed E-state index contributed by atoms with van der Waals surface area (Å²) >= 11 is 0. The van der Waals surface area contributed by atoms with Crippen LogP contribution in [0.25, 0.3) is 0 Å². The summed E-state index contributed by atoms with van der Waals surface area (Å²) in [6.07, 6.45) is -0.426. The number of carbonyl (C=O) groups excluding carboxylic acids is 1. The highest BCUT2D eigenvalue weighted by Gasteiger charge is 2.26. The van der Waals surface area contributed by atoms with Crippen LogP contribution >= 0.6 is 0 Å². The second-order valence-electron chi connectivity index (χ2n) is 4.56. The fourth-order valence-electron chi connectivity index (χ4n) is 1.09. The van der Waals surface area contributed by atoms with Crippen molar-refractivity contribution in [1.82, 2.24) is 5.32 Å². The molecule has 94 valence electrons. The molecule has 0 fully saturated rings. The molecule has 0 saturated carbocycles. The Kier molecular flexibility index (Phi) is 5.40. The second kappa shape index (κ2) is 5.81. The van der Waals surface area contributed by atoms with Gasteiger partial charge in [0.25, 0.3) is 0 Å². The van der Waals surface area contributed by atoms with Gasteiger partial charge in [0.1, 0.15) is 0 Å². The van der Waals surface area contributed by atoms with E-state index in [0.717, 1.165) is 0 Å². The van der Waals surface area contributed by atoms with Gasteiger partial charge in [0, 0.05) is 6.54 Å². The van der Waals surface area contributed by atoms with E-state index in [1.807, 2.05) is 0 Å². The molecule has 0 aliphatic carbocycles. The molecule has 0 aromatic carbocycles. The molecule has 16 heavy (non-hydrogen) atoms. The van der Waals surface area contributed by atoms with Gasteiger partial charge in [-0.3, -0.25) is 9.59 Å². The molecule has 5 N–H and O–H groups in total. The van der Waals surface area contributed by atoms with Crippen LogP contribution in [0.3, 0.4) is 0 Å². The Balaban J connectivity index is 4.14. The highest BCUT2D eigenvalue weighted by atomic mass is 16.4. The number of nitrogens with two attached hydrogens (primary N) is 1. The van der Waals surface area contributed by atoms with E-state index >= 15 is 0 Å². The predicted molar refractivity (Wildman–Crippen MR) is 58.7 cm³/mol. The summed E-state index contributed by atoms with van der Waals surface area (Å²) in [4.78, 5) is 21.8. The quantitative estimate of drug-likeness (QED) is 0.484. The Morgan fingerprint density at radius 1 is 1.44 bits per heavy atom. The highest BCUT2D eigenvalue weighted by Crippen LogP contribution is 2.07. The Labute approximate surface area is 94.8 Å². The van der Waals surface area contributed by atoms with Crippen molar-refractivity contribution in [3.8, 4) is 0 Å². The van der Waals surface area contributed by atoms with Crippen LogP contribution in [0.4, 0.5) is 0 Å². The number of hydrogen-bond donors (Lipinski definition) is 4. The van der Waals surface area contributed by atoms with Gasteiger partial charge in [-0.1, -0.05) is 13.8 Å². The van der Waals surface area contributed by atoms with Crippen LogP contribution in [0, 0.1) is 5.92 Å². The predicted octanol–water partition coefficient (Wildman–Crippen LogP) is -0.688. The number of amides is 1. The van der Waals surface area contributed by atoms with Gasteiger partial charge in [0.2, 0.25) is 5.91 Å². The largest absolute Gasteiger partial charge is 0.481 e. The number of carbonyl (C=O) groups is 2. The molecule has 6 nitrogen and oxygen atoms in total. The van der Waals surface area contributed by atoms with Crippen molar-refractivity contribution in [2.75, 3.05) is 6.54 Å². The van der Waals surface area contributed by atoms with E-state index in [1.165, 1.54) is 6.92 Å². The minimum absolute atomic E-state index is 0.00979. The van der Waals surface area contributed by atoms with Crippen molar-refractivity contribution in [3.63, 3.8) is 0 Å². The lowest BCUT2D eigenvalue weighted by Gasteiger charge is -2.23. The number of aliphatic carboxylic acids is 1. The number of aliphatic hydroxyl groups is 1. The average Bonchev–Trinajstić information content (AvgIpc) is 2.10. The summed E-state index contributed by atoms with van der Waals surface area (Å²) in [5.74, 6) is -1.52. The molecular weight excluding hydrogens is 212 g/mol. The summed E-state index contributed by atoms with van der Waals surface area (Å²) < 4.78 is 0. The molecule has 0 aromatic rings. The van der Waals surface area contributed by atoms with Gasteiger partial charge in [0.15, 0.2) is 0 Å². The first kappa shape index (κ1) is 14.9. The van der Waals surface area contributed by atoms with Gasteiger partial charge in [-0.2, -0.15) is 0 Å². The topological polar surface area (TPSA) is 113 Å². The van der Waals surface area contributed by atoms with Crippen LogP contribution in [0.5, 0.6) is 0 Å². The molecule has 0 saturated heterocycles. The molecule has 0 heterocycles. The monoisotopic (exact) mass is 232 g/mol. The van der Waals surface area contributed by atoms with Crippen molar-refractivity contribution in [2.45, 2.75) is 38.8 Å². The van der Waals surface area contributed by atoms with Crippen molar-refractivity contribution in [2.24, 2.45) is 11.7 Å². The van der Waals surface area contributed by atoms with E-state index in [9.17, 15) is 14.7 Å². The van der Waals surface area contributed by atoms with Crippen molar-refractivity contribution in [3.05, 3.63) is 0 Å². The maximum Gasteiger partial charge on any atom is 0.306 e. The van der Waals surface area contributed by atoms with Crippen LogP contribution in [-0.4, -0.2) is 40.3 Å². The first-order chi connectivity index (χ1) is 7.15. The van der Waals surface area contributed by atoms with Crippen LogP contribution in [0.1, 0.15) is 27.2 Å². The van der Waals surface area contributed by atoms with E-state index in [-0.39, 0.29) is 18.4 Å². The maximum atomic E-state index is 11.4. The molecule has 1 amide bonds. The Morgan fingerprint density at radius 3 is 2.31 bits per heavy atom. The number of carboxylic acids is 1. The van der Waals surface area contributed by atoms with Gasteiger partial charge in [-0.15, -0.1) is 0 Å². The summed E-state index contributed by atoms with van der Waals surface area (Å²) in [5, 5.41) is 20.6. The molecule has 0 aliphatic rings. The molecule has 0 bridgehead atoms. The SMILES string of the molecule is CC(C)[C@H](N)C(=O)NCC(C)(O)CC(=O)O. The second-order valence-corrected chi connectivity index (χ2v) is 4.56. The number of carboxylic acid groups (broad SMARTS) is 1. The lowest BCUT2D eigenvalue weighted by molar-refractivity contribution is -0.142. The lowest BCUT2D eigenvalue weighted by Crippen LogP contribution is -2.49. The number of nitrogens with one attached hydrogen (secondary N) is 1.